The van der Waals surface area contributed by atoms with Crippen LogP contribution in [0.2, 0.25) is 10.3 Å². The summed E-state index contributed by atoms with van der Waals surface area (Å²) < 4.78 is 0.638. The molecular formula is C12H8ClN3OSe. The molecule has 1 heterocycles. The van der Waals surface area contributed by atoms with E-state index in [1.807, 2.05) is 6.07 Å². The summed E-state index contributed by atoms with van der Waals surface area (Å²) in [6.45, 7) is 0. The molecule has 0 unspecified atom stereocenters. The van der Waals surface area contributed by atoms with E-state index in [-0.39, 0.29) is 26.2 Å². The number of primary amides is 1. The van der Waals surface area contributed by atoms with E-state index in [0.29, 0.717) is 15.2 Å². The minimum atomic E-state index is -0.383. The zero-order chi connectivity index (χ0) is 13.1. The number of hydrogen-bond donors (Lipinski definition) is 1. The molecule has 2 N–H and O–H groups in total. The molecule has 1 aromatic carbocycles. The van der Waals surface area contributed by atoms with Gasteiger partial charge in [-0.25, -0.2) is 0 Å². The van der Waals surface area contributed by atoms with Gasteiger partial charge in [0, 0.05) is 0 Å². The van der Waals surface area contributed by atoms with E-state index in [1.165, 1.54) is 0 Å². The monoisotopic (exact) mass is 325 g/mol. The number of rotatable bonds is 3. The second-order valence-electron chi connectivity index (χ2n) is 3.54. The van der Waals surface area contributed by atoms with Crippen LogP contribution in [-0.4, -0.2) is 25.8 Å². The molecule has 1 aromatic heterocycles. The summed E-state index contributed by atoms with van der Waals surface area (Å²) in [6.07, 6.45) is 0. The van der Waals surface area contributed by atoms with Crippen molar-refractivity contribution in [2.45, 2.75) is 5.32 Å². The molecule has 0 saturated heterocycles. The van der Waals surface area contributed by atoms with Crippen LogP contribution in [0.1, 0.15) is 5.56 Å². The van der Waals surface area contributed by atoms with Gasteiger partial charge in [-0.1, -0.05) is 0 Å². The van der Waals surface area contributed by atoms with E-state index in [2.05, 4.69) is 11.1 Å². The summed E-state index contributed by atoms with van der Waals surface area (Å²) in [4.78, 5) is 15.2. The molecule has 2 aromatic rings. The van der Waals surface area contributed by atoms with Gasteiger partial charge < -0.3 is 0 Å². The number of benzene rings is 1. The summed E-state index contributed by atoms with van der Waals surface area (Å²) in [5, 5.41) is 10.8. The van der Waals surface area contributed by atoms with Crippen molar-refractivity contribution < 1.29 is 4.79 Å². The van der Waals surface area contributed by atoms with Crippen LogP contribution in [0.15, 0.2) is 24.3 Å². The van der Waals surface area contributed by atoms with Crippen molar-refractivity contribution in [2.24, 2.45) is 5.73 Å². The first-order chi connectivity index (χ1) is 8.60. The Balaban J connectivity index is 2.50. The molecule has 0 aliphatic rings. The van der Waals surface area contributed by atoms with Crippen LogP contribution in [0, 0.1) is 11.3 Å². The molecule has 18 heavy (non-hydrogen) atoms. The Morgan fingerprint density at radius 2 is 2.28 bits per heavy atom. The van der Waals surface area contributed by atoms with Crippen LogP contribution in [0.25, 0.3) is 10.9 Å². The SMILES string of the molecule is N#Cc1cc2ccc(Cl)cc2nc1[Se]CC(N)=O. The number of nitrogens with zero attached hydrogens (tertiary/aromatic N) is 2. The van der Waals surface area contributed by atoms with Gasteiger partial charge >= 0.3 is 115 Å². The quantitative estimate of drug-likeness (QED) is 0.855. The van der Waals surface area contributed by atoms with Crippen LogP contribution in [0.3, 0.4) is 0 Å². The molecule has 90 valence electrons. The predicted molar refractivity (Wildman–Crippen MR) is 70.9 cm³/mol. The third-order valence-electron chi connectivity index (χ3n) is 2.22. The zero-order valence-electron chi connectivity index (χ0n) is 9.18. The second-order valence-corrected chi connectivity index (χ2v) is 6.00. The maximum atomic E-state index is 10.8. The van der Waals surface area contributed by atoms with E-state index < -0.39 is 0 Å². The number of carbonyl (C=O) groups is 1. The topological polar surface area (TPSA) is 79.8 Å². The molecule has 0 atom stereocenters. The minimum absolute atomic E-state index is 0.229. The van der Waals surface area contributed by atoms with E-state index in [0.717, 1.165) is 10.9 Å². The molecule has 0 spiro atoms. The Kier molecular flexibility index (Phi) is 3.83. The van der Waals surface area contributed by atoms with Gasteiger partial charge in [-0.3, -0.25) is 0 Å². The Hall–Kier alpha value is -1.60. The molecule has 0 bridgehead atoms. The van der Waals surface area contributed by atoms with Crippen molar-refractivity contribution >= 4 is 48.0 Å². The number of fused-ring (bicyclic) bond motifs is 1. The van der Waals surface area contributed by atoms with Gasteiger partial charge in [0.15, 0.2) is 0 Å². The fourth-order valence-electron chi connectivity index (χ4n) is 1.45. The third-order valence-corrected chi connectivity index (χ3v) is 4.58. The predicted octanol–water partition coefficient (Wildman–Crippen LogP) is 0.993. The summed E-state index contributed by atoms with van der Waals surface area (Å²) in [5.41, 5.74) is 6.33. The van der Waals surface area contributed by atoms with E-state index in [9.17, 15) is 4.79 Å². The van der Waals surface area contributed by atoms with E-state index >= 15 is 0 Å². The fraction of sp³-hybridized carbons (Fsp3) is 0.0833. The molecule has 1 amide bonds. The normalized spacial score (nSPS) is 10.2. The molecule has 6 heteroatoms. The summed E-state index contributed by atoms with van der Waals surface area (Å²) in [6, 6.07) is 9.16. The van der Waals surface area contributed by atoms with Gasteiger partial charge in [0.05, 0.1) is 0 Å². The van der Waals surface area contributed by atoms with Gasteiger partial charge in [0.2, 0.25) is 0 Å². The Labute approximate surface area is 115 Å². The molecule has 2 rings (SSSR count). The number of halogens is 1. The van der Waals surface area contributed by atoms with Crippen molar-refractivity contribution in [3.05, 3.63) is 34.9 Å². The molecular weight excluding hydrogens is 317 g/mol. The summed E-state index contributed by atoms with van der Waals surface area (Å²) in [5.74, 6) is -0.383. The standard InChI is InChI=1S/C12H8ClN3OSe/c13-9-2-1-7-3-8(5-14)12(16-10(7)4-9)18-6-11(15)17/h1-4H,6H2,(H2,15,17). The Morgan fingerprint density at radius 3 is 2.94 bits per heavy atom. The molecule has 0 aliphatic heterocycles. The summed E-state index contributed by atoms with van der Waals surface area (Å²) in [7, 11) is 0. The van der Waals surface area contributed by atoms with Crippen molar-refractivity contribution in [3.63, 3.8) is 0 Å². The van der Waals surface area contributed by atoms with E-state index in [1.54, 1.807) is 18.2 Å². The van der Waals surface area contributed by atoms with Crippen LogP contribution in [-0.2, 0) is 4.79 Å². The fourth-order valence-corrected chi connectivity index (χ4v) is 3.09. The molecule has 0 aliphatic carbocycles. The number of hydrogen-bond acceptors (Lipinski definition) is 3. The van der Waals surface area contributed by atoms with Gasteiger partial charge in [-0.05, 0) is 0 Å². The molecule has 0 saturated carbocycles. The average Bonchev–Trinajstić information content (AvgIpc) is 2.35. The van der Waals surface area contributed by atoms with Crippen molar-refractivity contribution in [2.75, 3.05) is 0 Å². The van der Waals surface area contributed by atoms with Gasteiger partial charge in [-0.15, -0.1) is 0 Å². The number of nitriles is 1. The van der Waals surface area contributed by atoms with Gasteiger partial charge in [-0.2, -0.15) is 0 Å². The van der Waals surface area contributed by atoms with Crippen LogP contribution >= 0.6 is 11.6 Å². The number of nitrogens with two attached hydrogens (primary N) is 1. The Bertz CT molecular complexity index is 666. The van der Waals surface area contributed by atoms with E-state index in [4.69, 9.17) is 22.6 Å². The van der Waals surface area contributed by atoms with Crippen LogP contribution in [0.5, 0.6) is 0 Å². The number of pyridine rings is 1. The number of aromatic nitrogens is 1. The van der Waals surface area contributed by atoms with Crippen molar-refractivity contribution in [1.29, 1.82) is 5.26 Å². The maximum absolute atomic E-state index is 10.8. The summed E-state index contributed by atoms with van der Waals surface area (Å²) >= 11 is 5.67. The van der Waals surface area contributed by atoms with Crippen LogP contribution < -0.4 is 10.3 Å². The first-order valence-corrected chi connectivity index (χ1v) is 7.46. The van der Waals surface area contributed by atoms with Crippen molar-refractivity contribution in [3.8, 4) is 6.07 Å². The average molecular weight is 325 g/mol. The third kappa shape index (κ3) is 2.80. The first-order valence-electron chi connectivity index (χ1n) is 5.01. The van der Waals surface area contributed by atoms with Crippen molar-refractivity contribution in [1.82, 2.24) is 4.98 Å². The van der Waals surface area contributed by atoms with Gasteiger partial charge in [0.25, 0.3) is 0 Å². The molecule has 0 radical (unpaired) electrons. The van der Waals surface area contributed by atoms with Gasteiger partial charge in [0.1, 0.15) is 0 Å². The van der Waals surface area contributed by atoms with Crippen LogP contribution in [0.4, 0.5) is 0 Å². The zero-order valence-corrected chi connectivity index (χ0v) is 11.7. The first kappa shape index (κ1) is 12.8. The molecule has 0 fully saturated rings. The number of carbonyl (C=O) groups excluding carboxylic acids is 1. The molecule has 4 nitrogen and oxygen atoms in total. The number of amides is 1. The Morgan fingerprint density at radius 1 is 1.50 bits per heavy atom. The second kappa shape index (κ2) is 5.36.